The molecule has 0 radical (unpaired) electrons. The fourth-order valence-electron chi connectivity index (χ4n) is 1.68. The largest absolute Gasteiger partial charge is 0.478 e. The summed E-state index contributed by atoms with van der Waals surface area (Å²) in [4.78, 5) is 14.9. The second-order valence-corrected chi connectivity index (χ2v) is 3.81. The summed E-state index contributed by atoms with van der Waals surface area (Å²) in [6, 6.07) is 10.2. The van der Waals surface area contributed by atoms with Crippen molar-refractivity contribution in [3.8, 4) is 11.3 Å². The lowest BCUT2D eigenvalue weighted by molar-refractivity contribution is 0.0697. The van der Waals surface area contributed by atoms with Crippen LogP contribution in [-0.2, 0) is 0 Å². The third-order valence-corrected chi connectivity index (χ3v) is 2.67. The smallest absolute Gasteiger partial charge is 0.335 e. The van der Waals surface area contributed by atoms with Gasteiger partial charge in [0.2, 0.25) is 0 Å². The molecule has 0 aliphatic carbocycles. The Kier molecular flexibility index (Phi) is 6.07. The van der Waals surface area contributed by atoms with Crippen LogP contribution in [0.25, 0.3) is 17.5 Å². The Morgan fingerprint density at radius 1 is 1.24 bits per heavy atom. The number of carbonyl (C=O) groups is 1. The first kappa shape index (κ1) is 16.4. The van der Waals surface area contributed by atoms with Crippen LogP contribution in [0.4, 0.5) is 0 Å². The van der Waals surface area contributed by atoms with Crippen molar-refractivity contribution >= 4 is 12.2 Å². The van der Waals surface area contributed by atoms with E-state index in [9.17, 15) is 4.79 Å². The number of hydrogen-bond acceptors (Lipinski definition) is 3. The van der Waals surface area contributed by atoms with Gasteiger partial charge in [-0.3, -0.25) is 4.99 Å². The average molecular weight is 285 g/mol. The molecule has 2 rings (SSSR count). The van der Waals surface area contributed by atoms with Gasteiger partial charge in [0.25, 0.3) is 0 Å². The normalized spacial score (nSPS) is 10.5. The van der Waals surface area contributed by atoms with Gasteiger partial charge in [0, 0.05) is 18.8 Å². The number of aromatic carboxylic acids is 1. The Morgan fingerprint density at radius 3 is 2.33 bits per heavy atom. The topological polar surface area (TPSA) is 67.5 Å². The third kappa shape index (κ3) is 3.89. The summed E-state index contributed by atoms with van der Waals surface area (Å²) in [6.07, 6.45) is 1.57. The molecule has 0 fully saturated rings. The molecule has 5 heteroatoms. The fraction of sp³-hybridized carbons (Fsp3) is 0.188. The number of aromatic nitrogens is 2. The molecule has 21 heavy (non-hydrogen) atoms. The molecule has 0 saturated carbocycles. The molecule has 1 N–H and O–H groups in total. The van der Waals surface area contributed by atoms with E-state index in [4.69, 9.17) is 5.11 Å². The molecule has 0 saturated heterocycles. The van der Waals surface area contributed by atoms with Crippen molar-refractivity contribution in [3.63, 3.8) is 0 Å². The molecule has 0 aliphatic rings. The second-order valence-electron chi connectivity index (χ2n) is 3.81. The molecule has 5 nitrogen and oxygen atoms in total. The van der Waals surface area contributed by atoms with Gasteiger partial charge in [0.1, 0.15) is 5.49 Å². The zero-order chi connectivity index (χ0) is 15.8. The Hall–Kier alpha value is -2.69. The molecule has 0 spiro atoms. The second kappa shape index (κ2) is 7.79. The van der Waals surface area contributed by atoms with Crippen molar-refractivity contribution in [2.24, 2.45) is 4.99 Å². The van der Waals surface area contributed by atoms with Crippen LogP contribution in [0.15, 0.2) is 48.0 Å². The lowest BCUT2D eigenvalue weighted by Gasteiger charge is -2.05. The molecule has 110 valence electrons. The minimum Gasteiger partial charge on any atom is -0.478 e. The maximum absolute atomic E-state index is 10.8. The maximum atomic E-state index is 10.8. The summed E-state index contributed by atoms with van der Waals surface area (Å²) in [6.45, 7) is 7.67. The van der Waals surface area contributed by atoms with Gasteiger partial charge in [-0.05, 0) is 24.3 Å². The fourth-order valence-corrected chi connectivity index (χ4v) is 1.68. The molecular weight excluding hydrogens is 266 g/mol. The van der Waals surface area contributed by atoms with Gasteiger partial charge < -0.3 is 5.11 Å². The average Bonchev–Trinajstić information content (AvgIpc) is 2.56. The first-order valence-corrected chi connectivity index (χ1v) is 6.64. The van der Waals surface area contributed by atoms with Gasteiger partial charge in [-0.1, -0.05) is 32.6 Å². The molecule has 0 unspecified atom stereocenters. The highest BCUT2D eigenvalue weighted by molar-refractivity contribution is 5.88. The van der Waals surface area contributed by atoms with Gasteiger partial charge >= 0.3 is 5.97 Å². The van der Waals surface area contributed by atoms with Crippen molar-refractivity contribution in [3.05, 3.63) is 54.0 Å². The summed E-state index contributed by atoms with van der Waals surface area (Å²) in [5.74, 6) is -0.944. The highest BCUT2D eigenvalue weighted by Gasteiger charge is 2.04. The SMILES string of the molecule is C=Cn1nc(-c2ccc(C(=O)O)cc2)ccc1=NC.CC. The minimum absolute atomic E-state index is 0.250. The van der Waals surface area contributed by atoms with E-state index >= 15 is 0 Å². The predicted molar refractivity (Wildman–Crippen MR) is 83.8 cm³/mol. The van der Waals surface area contributed by atoms with E-state index in [1.165, 1.54) is 0 Å². The van der Waals surface area contributed by atoms with Crippen molar-refractivity contribution < 1.29 is 9.90 Å². The van der Waals surface area contributed by atoms with E-state index in [0.717, 1.165) is 11.3 Å². The van der Waals surface area contributed by atoms with Crippen molar-refractivity contribution in [1.82, 2.24) is 9.78 Å². The molecule has 1 aromatic carbocycles. The van der Waals surface area contributed by atoms with Gasteiger partial charge in [0.15, 0.2) is 0 Å². The first-order chi connectivity index (χ1) is 10.2. The van der Waals surface area contributed by atoms with Crippen LogP contribution in [0.5, 0.6) is 0 Å². The van der Waals surface area contributed by atoms with Crippen LogP contribution in [0.2, 0.25) is 0 Å². The number of nitrogens with zero attached hydrogens (tertiary/aromatic N) is 3. The molecule has 0 aliphatic heterocycles. The van der Waals surface area contributed by atoms with E-state index in [1.807, 2.05) is 26.0 Å². The number of hydrogen-bond donors (Lipinski definition) is 1. The standard InChI is InChI=1S/C14H13N3O2.C2H6/c1-3-17-13(15-2)9-8-12(16-17)10-4-6-11(7-5-10)14(18)19;1-2/h3-9H,1H2,2H3,(H,18,19);1-2H3. The van der Waals surface area contributed by atoms with E-state index < -0.39 is 5.97 Å². The van der Waals surface area contributed by atoms with E-state index in [0.29, 0.717) is 5.49 Å². The Bertz CT molecular complexity index is 685. The molecule has 1 aromatic heterocycles. The highest BCUT2D eigenvalue weighted by Crippen LogP contribution is 2.16. The zero-order valence-corrected chi connectivity index (χ0v) is 12.4. The predicted octanol–water partition coefficient (Wildman–Crippen LogP) is 2.91. The van der Waals surface area contributed by atoms with Crippen LogP contribution < -0.4 is 5.49 Å². The maximum Gasteiger partial charge on any atom is 0.335 e. The highest BCUT2D eigenvalue weighted by atomic mass is 16.4. The summed E-state index contributed by atoms with van der Waals surface area (Å²) in [5, 5.41) is 13.2. The van der Waals surface area contributed by atoms with Gasteiger partial charge in [-0.25, -0.2) is 9.48 Å². The van der Waals surface area contributed by atoms with Crippen molar-refractivity contribution in [2.45, 2.75) is 13.8 Å². The Labute approximate surface area is 123 Å². The number of benzene rings is 1. The Balaban J connectivity index is 0.00000106. The summed E-state index contributed by atoms with van der Waals surface area (Å²) >= 11 is 0. The third-order valence-electron chi connectivity index (χ3n) is 2.67. The van der Waals surface area contributed by atoms with Crippen LogP contribution in [0.3, 0.4) is 0 Å². The number of carboxylic acid groups (broad SMARTS) is 1. The number of rotatable bonds is 3. The van der Waals surface area contributed by atoms with Crippen LogP contribution in [0, 0.1) is 0 Å². The monoisotopic (exact) mass is 285 g/mol. The quantitative estimate of drug-likeness (QED) is 0.942. The first-order valence-electron chi connectivity index (χ1n) is 6.64. The molecule has 1 heterocycles. The van der Waals surface area contributed by atoms with Crippen LogP contribution >= 0.6 is 0 Å². The van der Waals surface area contributed by atoms with Crippen LogP contribution in [0.1, 0.15) is 24.2 Å². The van der Waals surface area contributed by atoms with Gasteiger partial charge in [0.05, 0.1) is 11.3 Å². The molecule has 0 bridgehead atoms. The van der Waals surface area contributed by atoms with E-state index in [2.05, 4.69) is 16.7 Å². The zero-order valence-electron chi connectivity index (χ0n) is 12.4. The molecule has 2 aromatic rings. The van der Waals surface area contributed by atoms with Crippen molar-refractivity contribution in [1.29, 1.82) is 0 Å². The van der Waals surface area contributed by atoms with Gasteiger partial charge in [-0.15, -0.1) is 0 Å². The van der Waals surface area contributed by atoms with Crippen LogP contribution in [-0.4, -0.2) is 27.9 Å². The molecule has 0 atom stereocenters. The lowest BCUT2D eigenvalue weighted by Crippen LogP contribution is -2.18. The molecular formula is C16H19N3O2. The molecule has 0 amide bonds. The lowest BCUT2D eigenvalue weighted by atomic mass is 10.1. The minimum atomic E-state index is -0.944. The van der Waals surface area contributed by atoms with E-state index in [-0.39, 0.29) is 5.56 Å². The summed E-state index contributed by atoms with van der Waals surface area (Å²) in [5.41, 5.74) is 2.51. The van der Waals surface area contributed by atoms with Gasteiger partial charge in [-0.2, -0.15) is 5.10 Å². The summed E-state index contributed by atoms with van der Waals surface area (Å²) < 4.78 is 1.57. The Morgan fingerprint density at radius 2 is 1.86 bits per heavy atom. The summed E-state index contributed by atoms with van der Waals surface area (Å²) in [7, 11) is 1.68. The van der Waals surface area contributed by atoms with E-state index in [1.54, 1.807) is 42.2 Å². The van der Waals surface area contributed by atoms with Crippen molar-refractivity contribution in [2.75, 3.05) is 7.05 Å². The number of carboxylic acids is 1.